The first-order valence-corrected chi connectivity index (χ1v) is 8.27. The van der Waals surface area contributed by atoms with Crippen molar-refractivity contribution in [1.29, 1.82) is 0 Å². The third kappa shape index (κ3) is 5.26. The van der Waals surface area contributed by atoms with Crippen LogP contribution in [0, 0.1) is 5.92 Å². The number of aliphatic carboxylic acids is 1. The summed E-state index contributed by atoms with van der Waals surface area (Å²) < 4.78 is 0. The van der Waals surface area contributed by atoms with Crippen molar-refractivity contribution in [2.75, 3.05) is 33.7 Å². The van der Waals surface area contributed by atoms with Crippen LogP contribution in [0.15, 0.2) is 17.5 Å². The Kier molecular flexibility index (Phi) is 5.96. The molecule has 116 valence electrons. The van der Waals surface area contributed by atoms with Gasteiger partial charge in [-0.25, -0.2) is 4.79 Å². The summed E-state index contributed by atoms with van der Waals surface area (Å²) in [5, 5.41) is 10.8. The van der Waals surface area contributed by atoms with Crippen LogP contribution in [0.5, 0.6) is 0 Å². The molecule has 4 nitrogen and oxygen atoms in total. The Morgan fingerprint density at radius 3 is 2.81 bits per heavy atom. The summed E-state index contributed by atoms with van der Waals surface area (Å²) in [7, 11) is 4.28. The highest BCUT2D eigenvalue weighted by Crippen LogP contribution is 2.24. The number of carboxylic acids is 1. The smallest absolute Gasteiger partial charge is 0.328 e. The molecule has 0 unspecified atom stereocenters. The van der Waals surface area contributed by atoms with Gasteiger partial charge in [0.1, 0.15) is 0 Å². The highest BCUT2D eigenvalue weighted by molar-refractivity contribution is 7.10. The van der Waals surface area contributed by atoms with E-state index in [9.17, 15) is 4.79 Å². The molecule has 0 aliphatic carbocycles. The molecule has 1 fully saturated rings. The lowest BCUT2D eigenvalue weighted by molar-refractivity contribution is -0.131. The number of hydrogen-bond donors (Lipinski definition) is 1. The highest BCUT2D eigenvalue weighted by atomic mass is 32.1. The Labute approximate surface area is 130 Å². The van der Waals surface area contributed by atoms with Gasteiger partial charge in [-0.15, -0.1) is 11.3 Å². The van der Waals surface area contributed by atoms with E-state index in [4.69, 9.17) is 5.11 Å². The lowest BCUT2D eigenvalue weighted by Crippen LogP contribution is -2.36. The molecule has 21 heavy (non-hydrogen) atoms. The molecule has 0 atom stereocenters. The van der Waals surface area contributed by atoms with Gasteiger partial charge < -0.3 is 10.0 Å². The summed E-state index contributed by atoms with van der Waals surface area (Å²) in [6, 6.07) is 2.00. The first-order chi connectivity index (χ1) is 10.0. The molecular weight excluding hydrogens is 284 g/mol. The summed E-state index contributed by atoms with van der Waals surface area (Å²) in [5.74, 6) is -0.0809. The van der Waals surface area contributed by atoms with Crippen LogP contribution in [0.1, 0.15) is 23.3 Å². The van der Waals surface area contributed by atoms with Gasteiger partial charge in [0.2, 0.25) is 0 Å². The van der Waals surface area contributed by atoms with Gasteiger partial charge in [0, 0.05) is 24.0 Å². The minimum Gasteiger partial charge on any atom is -0.478 e. The third-order valence-electron chi connectivity index (χ3n) is 3.88. The normalized spacial score (nSPS) is 17.9. The molecule has 0 spiro atoms. The second-order valence-corrected chi connectivity index (χ2v) is 6.95. The van der Waals surface area contributed by atoms with E-state index in [0.717, 1.165) is 31.1 Å². The molecule has 1 saturated heterocycles. The minimum atomic E-state index is -0.892. The van der Waals surface area contributed by atoms with Crippen molar-refractivity contribution in [2.45, 2.75) is 19.4 Å². The molecule has 0 saturated carbocycles. The minimum absolute atomic E-state index is 0.811. The first-order valence-electron chi connectivity index (χ1n) is 7.39. The molecule has 0 amide bonds. The summed E-state index contributed by atoms with van der Waals surface area (Å²) in [4.78, 5) is 16.6. The summed E-state index contributed by atoms with van der Waals surface area (Å²) in [5.41, 5.74) is 1.04. The van der Waals surface area contributed by atoms with E-state index in [-0.39, 0.29) is 0 Å². The van der Waals surface area contributed by atoms with E-state index < -0.39 is 5.97 Å². The van der Waals surface area contributed by atoms with Crippen molar-refractivity contribution in [3.8, 4) is 0 Å². The van der Waals surface area contributed by atoms with Gasteiger partial charge in [-0.2, -0.15) is 0 Å². The van der Waals surface area contributed by atoms with Crippen LogP contribution in [0.3, 0.4) is 0 Å². The zero-order valence-electron chi connectivity index (χ0n) is 12.8. The van der Waals surface area contributed by atoms with Crippen molar-refractivity contribution in [3.63, 3.8) is 0 Å². The first kappa shape index (κ1) is 16.2. The van der Waals surface area contributed by atoms with Gasteiger partial charge in [-0.3, -0.25) is 4.90 Å². The van der Waals surface area contributed by atoms with E-state index in [1.807, 2.05) is 11.4 Å². The van der Waals surface area contributed by atoms with Crippen molar-refractivity contribution in [1.82, 2.24) is 9.80 Å². The Bertz CT molecular complexity index is 488. The van der Waals surface area contributed by atoms with Crippen molar-refractivity contribution < 1.29 is 9.90 Å². The largest absolute Gasteiger partial charge is 0.478 e. The van der Waals surface area contributed by atoms with E-state index >= 15 is 0 Å². The molecule has 5 heteroatoms. The van der Waals surface area contributed by atoms with E-state index in [1.54, 1.807) is 17.4 Å². The Morgan fingerprint density at radius 2 is 2.19 bits per heavy atom. The fourth-order valence-electron chi connectivity index (χ4n) is 2.84. The number of nitrogens with zero attached hydrogens (tertiary/aromatic N) is 2. The molecule has 2 rings (SSSR count). The van der Waals surface area contributed by atoms with Gasteiger partial charge >= 0.3 is 5.97 Å². The standard InChI is InChI=1S/C16H24N2O2S/c1-17(2)11-13-5-8-18(9-6-13)12-15-14(7-10-21-15)3-4-16(19)20/h3-4,7,10,13H,5-6,8-9,11-12H2,1-2H3,(H,19,20). The van der Waals surface area contributed by atoms with Crippen LogP contribution in [-0.2, 0) is 11.3 Å². The van der Waals surface area contributed by atoms with Crippen LogP contribution in [0.2, 0.25) is 0 Å². The SMILES string of the molecule is CN(C)CC1CCN(Cc2sccc2C=CC(=O)O)CC1. The zero-order valence-corrected chi connectivity index (χ0v) is 13.6. The van der Waals surface area contributed by atoms with Crippen LogP contribution < -0.4 is 0 Å². The van der Waals surface area contributed by atoms with Gasteiger partial charge in [0.25, 0.3) is 0 Å². The van der Waals surface area contributed by atoms with Crippen LogP contribution >= 0.6 is 11.3 Å². The number of thiophene rings is 1. The molecule has 1 N–H and O–H groups in total. The molecular formula is C16H24N2O2S. The maximum Gasteiger partial charge on any atom is 0.328 e. The number of carboxylic acid groups (broad SMARTS) is 1. The summed E-state index contributed by atoms with van der Waals surface area (Å²) in [6.45, 7) is 4.39. The lowest BCUT2D eigenvalue weighted by atomic mass is 9.96. The molecule has 1 aliphatic heterocycles. The second kappa shape index (κ2) is 7.73. The van der Waals surface area contributed by atoms with Gasteiger partial charge in [-0.1, -0.05) is 0 Å². The fourth-order valence-corrected chi connectivity index (χ4v) is 3.74. The lowest BCUT2D eigenvalue weighted by Gasteiger charge is -2.33. The number of hydrogen-bond acceptors (Lipinski definition) is 4. The molecule has 0 aromatic carbocycles. The van der Waals surface area contributed by atoms with Crippen molar-refractivity contribution in [3.05, 3.63) is 28.0 Å². The quantitative estimate of drug-likeness (QED) is 0.821. The topological polar surface area (TPSA) is 43.8 Å². The predicted molar refractivity (Wildman–Crippen MR) is 87.5 cm³/mol. The summed E-state index contributed by atoms with van der Waals surface area (Å²) >= 11 is 1.71. The Balaban J connectivity index is 1.86. The molecule has 1 aromatic rings. The number of piperidine rings is 1. The maximum absolute atomic E-state index is 10.6. The molecule has 0 bridgehead atoms. The van der Waals surface area contributed by atoms with Crippen LogP contribution in [-0.4, -0.2) is 54.6 Å². The predicted octanol–water partition coefficient (Wildman–Crippen LogP) is 2.62. The molecule has 1 aromatic heterocycles. The molecule has 1 aliphatic rings. The van der Waals surface area contributed by atoms with E-state index in [1.165, 1.54) is 30.3 Å². The van der Waals surface area contributed by atoms with E-state index in [2.05, 4.69) is 23.9 Å². The maximum atomic E-state index is 10.6. The van der Waals surface area contributed by atoms with Gasteiger partial charge in [0.15, 0.2) is 0 Å². The van der Waals surface area contributed by atoms with Crippen molar-refractivity contribution in [2.24, 2.45) is 5.92 Å². The Hall–Kier alpha value is -1.17. The highest BCUT2D eigenvalue weighted by Gasteiger charge is 2.20. The van der Waals surface area contributed by atoms with E-state index in [0.29, 0.717) is 0 Å². The zero-order chi connectivity index (χ0) is 15.2. The van der Waals surface area contributed by atoms with Crippen LogP contribution in [0.4, 0.5) is 0 Å². The molecule has 2 heterocycles. The molecule has 0 radical (unpaired) electrons. The average molecular weight is 308 g/mol. The van der Waals surface area contributed by atoms with Gasteiger partial charge in [-0.05, 0) is 69.0 Å². The van der Waals surface area contributed by atoms with Gasteiger partial charge in [0.05, 0.1) is 0 Å². The monoisotopic (exact) mass is 308 g/mol. The average Bonchev–Trinajstić information content (AvgIpc) is 2.85. The number of likely N-dealkylation sites (tertiary alicyclic amines) is 1. The summed E-state index contributed by atoms with van der Waals surface area (Å²) in [6.07, 6.45) is 5.43. The fraction of sp³-hybridized carbons (Fsp3) is 0.562. The number of rotatable bonds is 6. The third-order valence-corrected chi connectivity index (χ3v) is 4.80. The van der Waals surface area contributed by atoms with Crippen LogP contribution in [0.25, 0.3) is 6.08 Å². The van der Waals surface area contributed by atoms with Crippen molar-refractivity contribution >= 4 is 23.4 Å². The Morgan fingerprint density at radius 1 is 1.48 bits per heavy atom. The second-order valence-electron chi connectivity index (χ2n) is 5.95. The number of carbonyl (C=O) groups is 1.